The third-order valence-electron chi connectivity index (χ3n) is 4.96. The van der Waals surface area contributed by atoms with Crippen LogP contribution in [0.4, 0.5) is 11.8 Å². The van der Waals surface area contributed by atoms with Crippen LogP contribution in [0.3, 0.4) is 0 Å². The van der Waals surface area contributed by atoms with Crippen LogP contribution in [0.25, 0.3) is 0 Å². The second-order valence-electron chi connectivity index (χ2n) is 7.31. The Bertz CT molecular complexity index is 813. The summed E-state index contributed by atoms with van der Waals surface area (Å²) in [7, 11) is 1.91. The number of nitrogens with zero attached hydrogens (tertiary/aromatic N) is 5. The number of anilines is 2. The molecule has 0 amide bonds. The van der Waals surface area contributed by atoms with Gasteiger partial charge in [-0.3, -0.25) is 9.89 Å². The number of carbonyl (C=O) groups is 1. The average Bonchev–Trinajstić information content (AvgIpc) is 3.06. The first kappa shape index (κ1) is 19.1. The third kappa shape index (κ3) is 3.87. The summed E-state index contributed by atoms with van der Waals surface area (Å²) < 4.78 is 5.43. The van der Waals surface area contributed by atoms with Gasteiger partial charge in [-0.1, -0.05) is 0 Å². The number of rotatable bonds is 6. The molecule has 2 aromatic rings. The zero-order chi connectivity index (χ0) is 19.6. The van der Waals surface area contributed by atoms with Crippen LogP contribution >= 0.6 is 0 Å². The van der Waals surface area contributed by atoms with Gasteiger partial charge in [0.05, 0.1) is 24.8 Å². The predicted octanol–water partition coefficient (Wildman–Crippen LogP) is 1.34. The molecule has 1 saturated heterocycles. The molecule has 3 rings (SSSR count). The van der Waals surface area contributed by atoms with E-state index in [2.05, 4.69) is 20.1 Å². The summed E-state index contributed by atoms with van der Waals surface area (Å²) >= 11 is 0. The number of carboxylic acids is 1. The molecule has 3 heterocycles. The Morgan fingerprint density at radius 3 is 2.67 bits per heavy atom. The number of aromatic amines is 1. The molecule has 27 heavy (non-hydrogen) atoms. The summed E-state index contributed by atoms with van der Waals surface area (Å²) in [6.07, 6.45) is 3.43. The van der Waals surface area contributed by atoms with Crippen LogP contribution in [0.2, 0.25) is 0 Å². The highest BCUT2D eigenvalue weighted by molar-refractivity contribution is 5.82. The van der Waals surface area contributed by atoms with E-state index in [-0.39, 0.29) is 0 Å². The third-order valence-corrected chi connectivity index (χ3v) is 4.96. The van der Waals surface area contributed by atoms with Crippen molar-refractivity contribution in [3.8, 4) is 0 Å². The summed E-state index contributed by atoms with van der Waals surface area (Å²) in [5.74, 6) is 0.296. The highest BCUT2D eigenvalue weighted by Gasteiger charge is 2.35. The van der Waals surface area contributed by atoms with E-state index in [0.29, 0.717) is 50.2 Å². The number of ether oxygens (including phenoxy) is 1. The molecule has 2 aromatic heterocycles. The molecule has 0 spiro atoms. The van der Waals surface area contributed by atoms with E-state index in [1.807, 2.05) is 18.9 Å². The van der Waals surface area contributed by atoms with Crippen LogP contribution in [-0.4, -0.2) is 64.6 Å². The molecule has 9 heteroatoms. The van der Waals surface area contributed by atoms with Crippen molar-refractivity contribution < 1.29 is 14.6 Å². The number of hydrogen-bond donors (Lipinski definition) is 2. The minimum absolute atomic E-state index is 0.544. The molecule has 1 fully saturated rings. The van der Waals surface area contributed by atoms with Gasteiger partial charge in [0.25, 0.3) is 0 Å². The van der Waals surface area contributed by atoms with Gasteiger partial charge >= 0.3 is 5.97 Å². The van der Waals surface area contributed by atoms with Crippen molar-refractivity contribution in [1.29, 1.82) is 0 Å². The van der Waals surface area contributed by atoms with Gasteiger partial charge in [-0.15, -0.1) is 0 Å². The van der Waals surface area contributed by atoms with Crippen LogP contribution in [0, 0.1) is 6.92 Å². The second kappa shape index (κ2) is 7.51. The van der Waals surface area contributed by atoms with E-state index in [4.69, 9.17) is 9.72 Å². The van der Waals surface area contributed by atoms with Gasteiger partial charge in [0.2, 0.25) is 5.95 Å². The molecule has 2 N–H and O–H groups in total. The Morgan fingerprint density at radius 2 is 2.07 bits per heavy atom. The molecule has 0 radical (unpaired) electrons. The maximum atomic E-state index is 11.8. The van der Waals surface area contributed by atoms with Crippen molar-refractivity contribution in [3.63, 3.8) is 0 Å². The minimum atomic E-state index is -1.09. The first-order valence-electron chi connectivity index (χ1n) is 8.94. The highest BCUT2D eigenvalue weighted by Crippen LogP contribution is 2.32. The number of aliphatic carboxylic acids is 1. The molecule has 0 bridgehead atoms. The average molecular weight is 374 g/mol. The maximum Gasteiger partial charge on any atom is 0.313 e. The summed E-state index contributed by atoms with van der Waals surface area (Å²) in [5.41, 5.74) is 1.57. The lowest BCUT2D eigenvalue weighted by Crippen LogP contribution is -2.40. The molecule has 0 unspecified atom stereocenters. The van der Waals surface area contributed by atoms with E-state index < -0.39 is 11.4 Å². The Kier molecular flexibility index (Phi) is 5.31. The number of aromatic nitrogens is 4. The van der Waals surface area contributed by atoms with Gasteiger partial charge < -0.3 is 19.6 Å². The first-order valence-corrected chi connectivity index (χ1v) is 8.94. The van der Waals surface area contributed by atoms with E-state index >= 15 is 0 Å². The van der Waals surface area contributed by atoms with Crippen molar-refractivity contribution in [2.24, 2.45) is 0 Å². The smallest absolute Gasteiger partial charge is 0.313 e. The topological polar surface area (TPSA) is 107 Å². The molecule has 0 saturated carbocycles. The van der Waals surface area contributed by atoms with Crippen LogP contribution in [0.5, 0.6) is 0 Å². The van der Waals surface area contributed by atoms with Gasteiger partial charge in [-0.25, -0.2) is 4.98 Å². The number of aryl methyl sites for hydroxylation is 1. The standard InChI is InChI=1S/C18H26N6O3/c1-12-13(9-20-22-12)11-23(4)17-19-10-14(18(2,3)16(25)26)15(21-17)24-5-7-27-8-6-24/h9-10H,5-8,11H2,1-4H3,(H,20,22)(H,25,26). The molecule has 0 atom stereocenters. The maximum absolute atomic E-state index is 11.8. The van der Waals surface area contributed by atoms with E-state index in [1.54, 1.807) is 26.2 Å². The van der Waals surface area contributed by atoms with E-state index in [0.717, 1.165) is 11.3 Å². The fourth-order valence-corrected chi connectivity index (χ4v) is 2.98. The first-order chi connectivity index (χ1) is 12.8. The molecular weight excluding hydrogens is 348 g/mol. The lowest BCUT2D eigenvalue weighted by Gasteiger charge is -2.33. The number of hydrogen-bond acceptors (Lipinski definition) is 7. The monoisotopic (exact) mass is 374 g/mol. The van der Waals surface area contributed by atoms with Gasteiger partial charge in [-0.2, -0.15) is 10.1 Å². The van der Waals surface area contributed by atoms with Gasteiger partial charge in [-0.05, 0) is 20.8 Å². The summed E-state index contributed by atoms with van der Waals surface area (Å²) in [6.45, 7) is 8.45. The van der Waals surface area contributed by atoms with Gasteiger partial charge in [0, 0.05) is 49.7 Å². The fraction of sp³-hybridized carbons (Fsp3) is 0.556. The van der Waals surface area contributed by atoms with Gasteiger partial charge in [0.1, 0.15) is 5.82 Å². The molecule has 9 nitrogen and oxygen atoms in total. The fourth-order valence-electron chi connectivity index (χ4n) is 2.98. The predicted molar refractivity (Wildman–Crippen MR) is 101 cm³/mol. The number of morpholine rings is 1. The van der Waals surface area contributed by atoms with Crippen molar-refractivity contribution in [2.45, 2.75) is 32.7 Å². The van der Waals surface area contributed by atoms with Crippen molar-refractivity contribution in [1.82, 2.24) is 20.2 Å². The Morgan fingerprint density at radius 1 is 1.37 bits per heavy atom. The zero-order valence-corrected chi connectivity index (χ0v) is 16.2. The zero-order valence-electron chi connectivity index (χ0n) is 16.2. The summed E-state index contributed by atoms with van der Waals surface area (Å²) in [6, 6.07) is 0. The molecule has 1 aliphatic rings. The van der Waals surface area contributed by atoms with Crippen LogP contribution in [0.15, 0.2) is 12.4 Å². The van der Waals surface area contributed by atoms with Crippen LogP contribution < -0.4 is 9.80 Å². The van der Waals surface area contributed by atoms with Crippen molar-refractivity contribution >= 4 is 17.7 Å². The van der Waals surface area contributed by atoms with Gasteiger partial charge in [0.15, 0.2) is 0 Å². The van der Waals surface area contributed by atoms with Crippen molar-refractivity contribution in [3.05, 3.63) is 29.2 Å². The molecular formula is C18H26N6O3. The molecule has 0 aromatic carbocycles. The van der Waals surface area contributed by atoms with E-state index in [9.17, 15) is 9.90 Å². The van der Waals surface area contributed by atoms with E-state index in [1.165, 1.54) is 0 Å². The Labute approximate surface area is 158 Å². The second-order valence-corrected chi connectivity index (χ2v) is 7.31. The molecule has 146 valence electrons. The summed E-state index contributed by atoms with van der Waals surface area (Å²) in [5, 5.41) is 16.6. The van der Waals surface area contributed by atoms with Crippen molar-refractivity contribution in [2.75, 3.05) is 43.2 Å². The molecule has 1 aliphatic heterocycles. The Balaban J connectivity index is 1.97. The lowest BCUT2D eigenvalue weighted by molar-refractivity contribution is -0.142. The minimum Gasteiger partial charge on any atom is -0.481 e. The normalized spacial score (nSPS) is 15.0. The number of nitrogens with one attached hydrogen (secondary N) is 1. The Hall–Kier alpha value is -2.68. The lowest BCUT2D eigenvalue weighted by atomic mass is 9.85. The number of carboxylic acid groups (broad SMARTS) is 1. The largest absolute Gasteiger partial charge is 0.481 e. The molecule has 0 aliphatic carbocycles. The van der Waals surface area contributed by atoms with Crippen LogP contribution in [-0.2, 0) is 21.5 Å². The summed E-state index contributed by atoms with van der Waals surface area (Å²) in [4.78, 5) is 25.0. The van der Waals surface area contributed by atoms with Crippen LogP contribution in [0.1, 0.15) is 30.7 Å². The highest BCUT2D eigenvalue weighted by atomic mass is 16.5. The quantitative estimate of drug-likeness (QED) is 0.780. The number of H-pyrrole nitrogens is 1. The SMILES string of the molecule is Cc1[nH]ncc1CN(C)c1ncc(C(C)(C)C(=O)O)c(N2CCOCC2)n1.